The van der Waals surface area contributed by atoms with E-state index in [-0.39, 0.29) is 11.4 Å². The zero-order chi connectivity index (χ0) is 13.1. The number of rotatable bonds is 5. The number of anilines is 1. The van der Waals surface area contributed by atoms with E-state index in [1.54, 1.807) is 7.11 Å². The minimum Gasteiger partial charge on any atom is -0.491 e. The number of hydrogen-bond acceptors (Lipinski definition) is 3. The van der Waals surface area contributed by atoms with Gasteiger partial charge in [0.1, 0.15) is 11.6 Å². The first-order valence-corrected chi connectivity index (χ1v) is 6.07. The highest BCUT2D eigenvalue weighted by Gasteiger charge is 2.16. The molecule has 0 atom stereocenters. The van der Waals surface area contributed by atoms with Crippen LogP contribution in [0.25, 0.3) is 0 Å². The van der Waals surface area contributed by atoms with Gasteiger partial charge in [-0.3, -0.25) is 0 Å². The number of methoxy groups -OCH3 is 1. The van der Waals surface area contributed by atoms with Crippen molar-refractivity contribution in [2.45, 2.75) is 25.9 Å². The van der Waals surface area contributed by atoms with Crippen LogP contribution in [0, 0.1) is 5.82 Å². The number of halogens is 2. The molecular weight excluding hydrogens is 289 g/mol. The highest BCUT2D eigenvalue weighted by atomic mass is 79.9. The first kappa shape index (κ1) is 14.3. The monoisotopic (exact) mass is 305 g/mol. The largest absolute Gasteiger partial charge is 0.491 e. The van der Waals surface area contributed by atoms with E-state index in [1.807, 2.05) is 13.8 Å². The summed E-state index contributed by atoms with van der Waals surface area (Å²) in [7, 11) is 1.65. The predicted octanol–water partition coefficient (Wildman–Crippen LogP) is 3.36. The van der Waals surface area contributed by atoms with Crippen LogP contribution in [0.1, 0.15) is 20.3 Å². The number of nitrogens with two attached hydrogens (primary N) is 1. The minimum absolute atomic E-state index is 0.261. The molecule has 0 radical (unpaired) electrons. The summed E-state index contributed by atoms with van der Waals surface area (Å²) in [5.41, 5.74) is 5.87. The van der Waals surface area contributed by atoms with E-state index < -0.39 is 0 Å². The third-order valence-electron chi connectivity index (χ3n) is 2.57. The second kappa shape index (κ2) is 5.69. The molecule has 3 nitrogen and oxygen atoms in total. The fourth-order valence-corrected chi connectivity index (χ4v) is 1.54. The van der Waals surface area contributed by atoms with Gasteiger partial charge < -0.3 is 15.2 Å². The summed E-state index contributed by atoms with van der Waals surface area (Å²) in [5, 5.41) is 0. The molecule has 2 N–H and O–H groups in total. The molecule has 0 bridgehead atoms. The smallest absolute Gasteiger partial charge is 0.145 e. The van der Waals surface area contributed by atoms with Gasteiger partial charge in [-0.2, -0.15) is 0 Å². The SMILES string of the molecule is COC(C)(C)CCOc1cc(F)c(Br)cc1N. The minimum atomic E-state index is -0.389. The van der Waals surface area contributed by atoms with Crippen LogP contribution in [0.2, 0.25) is 0 Å². The Morgan fingerprint density at radius 1 is 1.41 bits per heavy atom. The molecular formula is C12H17BrFNO2. The number of nitrogen functional groups attached to an aromatic ring is 1. The molecule has 0 heterocycles. The van der Waals surface area contributed by atoms with E-state index in [9.17, 15) is 4.39 Å². The van der Waals surface area contributed by atoms with Crippen LogP contribution in [-0.2, 0) is 4.74 Å². The third kappa shape index (κ3) is 4.16. The van der Waals surface area contributed by atoms with Crippen LogP contribution in [0.5, 0.6) is 5.75 Å². The molecule has 5 heteroatoms. The van der Waals surface area contributed by atoms with Crippen LogP contribution in [0.3, 0.4) is 0 Å². The molecule has 0 unspecified atom stereocenters. The molecule has 96 valence electrons. The van der Waals surface area contributed by atoms with Crippen molar-refractivity contribution in [3.63, 3.8) is 0 Å². The van der Waals surface area contributed by atoms with E-state index in [0.29, 0.717) is 28.9 Å². The fourth-order valence-electron chi connectivity index (χ4n) is 1.18. The maximum Gasteiger partial charge on any atom is 0.145 e. The molecule has 1 aromatic carbocycles. The Hall–Kier alpha value is -0.810. The van der Waals surface area contributed by atoms with Gasteiger partial charge in [0, 0.05) is 19.6 Å². The molecule has 0 spiro atoms. The van der Waals surface area contributed by atoms with Gasteiger partial charge in [0.2, 0.25) is 0 Å². The van der Waals surface area contributed by atoms with E-state index in [2.05, 4.69) is 15.9 Å². The van der Waals surface area contributed by atoms with Gasteiger partial charge in [-0.15, -0.1) is 0 Å². The van der Waals surface area contributed by atoms with Crippen molar-refractivity contribution in [2.75, 3.05) is 19.5 Å². The van der Waals surface area contributed by atoms with Gasteiger partial charge in [-0.1, -0.05) is 0 Å². The number of ether oxygens (including phenoxy) is 2. The van der Waals surface area contributed by atoms with E-state index in [0.717, 1.165) is 0 Å². The van der Waals surface area contributed by atoms with Gasteiger partial charge in [-0.05, 0) is 35.8 Å². The van der Waals surface area contributed by atoms with E-state index in [4.69, 9.17) is 15.2 Å². The highest BCUT2D eigenvalue weighted by molar-refractivity contribution is 9.10. The average Bonchev–Trinajstić information content (AvgIpc) is 2.25. The summed E-state index contributed by atoms with van der Waals surface area (Å²) < 4.78 is 24.3. The molecule has 0 aromatic heterocycles. The van der Waals surface area contributed by atoms with Crippen LogP contribution in [-0.4, -0.2) is 19.3 Å². The molecule has 0 saturated carbocycles. The molecule has 1 rings (SSSR count). The number of benzene rings is 1. The summed E-state index contributed by atoms with van der Waals surface area (Å²) >= 11 is 3.06. The summed E-state index contributed by atoms with van der Waals surface area (Å²) in [4.78, 5) is 0. The second-order valence-corrected chi connectivity index (χ2v) is 5.22. The molecule has 0 amide bonds. The number of hydrogen-bond donors (Lipinski definition) is 1. The quantitative estimate of drug-likeness (QED) is 0.848. The van der Waals surface area contributed by atoms with Crippen molar-refractivity contribution >= 4 is 21.6 Å². The second-order valence-electron chi connectivity index (χ2n) is 4.37. The lowest BCUT2D eigenvalue weighted by Crippen LogP contribution is -2.25. The van der Waals surface area contributed by atoms with Crippen LogP contribution in [0.4, 0.5) is 10.1 Å². The van der Waals surface area contributed by atoms with Crippen LogP contribution < -0.4 is 10.5 Å². The first-order valence-electron chi connectivity index (χ1n) is 5.28. The van der Waals surface area contributed by atoms with Crippen molar-refractivity contribution in [2.24, 2.45) is 0 Å². The van der Waals surface area contributed by atoms with Crippen molar-refractivity contribution in [1.29, 1.82) is 0 Å². The predicted molar refractivity (Wildman–Crippen MR) is 69.7 cm³/mol. The lowest BCUT2D eigenvalue weighted by atomic mass is 10.1. The Bertz CT molecular complexity index is 396. The topological polar surface area (TPSA) is 44.5 Å². The Morgan fingerprint density at radius 2 is 2.06 bits per heavy atom. The lowest BCUT2D eigenvalue weighted by Gasteiger charge is -2.22. The Balaban J connectivity index is 2.61. The maximum absolute atomic E-state index is 13.3. The Morgan fingerprint density at radius 3 is 2.65 bits per heavy atom. The van der Waals surface area contributed by atoms with Gasteiger partial charge >= 0.3 is 0 Å². The molecule has 0 fully saturated rings. The summed E-state index contributed by atoms with van der Waals surface area (Å²) in [6, 6.07) is 2.77. The molecule has 0 aliphatic rings. The highest BCUT2D eigenvalue weighted by Crippen LogP contribution is 2.28. The molecule has 17 heavy (non-hydrogen) atoms. The summed E-state index contributed by atoms with van der Waals surface area (Å²) in [6.45, 7) is 4.34. The Kier molecular flexibility index (Phi) is 4.77. The fraction of sp³-hybridized carbons (Fsp3) is 0.500. The zero-order valence-electron chi connectivity index (χ0n) is 10.2. The van der Waals surface area contributed by atoms with E-state index in [1.165, 1.54) is 12.1 Å². The van der Waals surface area contributed by atoms with Crippen molar-refractivity contribution < 1.29 is 13.9 Å². The average molecular weight is 306 g/mol. The molecule has 0 aliphatic carbocycles. The van der Waals surface area contributed by atoms with Gasteiger partial charge in [0.05, 0.1) is 22.4 Å². The van der Waals surface area contributed by atoms with Gasteiger partial charge in [0.15, 0.2) is 0 Å². The summed E-state index contributed by atoms with van der Waals surface area (Å²) in [5.74, 6) is -0.0298. The standard InChI is InChI=1S/C12H17BrFNO2/c1-12(2,16-3)4-5-17-11-7-9(14)8(13)6-10(11)15/h6-7H,4-5,15H2,1-3H3. The van der Waals surface area contributed by atoms with Crippen molar-refractivity contribution in [3.05, 3.63) is 22.4 Å². The van der Waals surface area contributed by atoms with Gasteiger partial charge in [0.25, 0.3) is 0 Å². The third-order valence-corrected chi connectivity index (χ3v) is 3.17. The first-order chi connectivity index (χ1) is 7.85. The molecule has 0 aliphatic heterocycles. The lowest BCUT2D eigenvalue weighted by molar-refractivity contribution is 0.00549. The zero-order valence-corrected chi connectivity index (χ0v) is 11.8. The van der Waals surface area contributed by atoms with E-state index >= 15 is 0 Å². The van der Waals surface area contributed by atoms with Crippen molar-refractivity contribution in [3.8, 4) is 5.75 Å². The van der Waals surface area contributed by atoms with Gasteiger partial charge in [-0.25, -0.2) is 4.39 Å². The van der Waals surface area contributed by atoms with Crippen molar-refractivity contribution in [1.82, 2.24) is 0 Å². The summed E-state index contributed by atoms with van der Waals surface area (Å²) in [6.07, 6.45) is 0.695. The van der Waals surface area contributed by atoms with Crippen LogP contribution >= 0.6 is 15.9 Å². The maximum atomic E-state index is 13.3. The Labute approximate surface area is 109 Å². The molecule has 1 aromatic rings. The normalized spacial score (nSPS) is 11.6. The van der Waals surface area contributed by atoms with Crippen LogP contribution in [0.15, 0.2) is 16.6 Å². The molecule has 0 saturated heterocycles.